The maximum absolute atomic E-state index is 12.9. The topological polar surface area (TPSA) is 206 Å². The number of esters is 1. The fourth-order valence-electron chi connectivity index (χ4n) is 4.12. The minimum Gasteiger partial charge on any atom is -0.504 e. The number of carbonyl (C=O) groups excluding carboxylic acids is 1. The van der Waals surface area contributed by atoms with E-state index in [0.717, 1.165) is 6.07 Å². The lowest BCUT2D eigenvalue weighted by atomic mass is 9.99. The first kappa shape index (κ1) is 29.0. The molecule has 3 aromatic rings. The van der Waals surface area contributed by atoms with E-state index in [1.165, 1.54) is 31.4 Å². The zero-order chi connectivity index (χ0) is 29.3. The molecule has 4 rings (SSSR count). The third-order valence-electron chi connectivity index (χ3n) is 6.69. The number of rotatable bonds is 8. The van der Waals surface area contributed by atoms with Crippen molar-refractivity contribution >= 4 is 16.9 Å². The molecule has 216 valence electrons. The molecule has 0 spiro atoms. The van der Waals surface area contributed by atoms with E-state index in [4.69, 9.17) is 23.4 Å². The largest absolute Gasteiger partial charge is 0.504 e. The van der Waals surface area contributed by atoms with E-state index in [1.807, 2.05) is 0 Å². The average Bonchev–Trinajstić information content (AvgIpc) is 2.93. The standard InChI is InChI=1S/C27H30O13/c1-4-11(2)26(35)37-10-19-21(31)23(33)24(34)27(40-19)39-18-9-17-20(22(32)25(18)36-3)15(30)8-16(38-17)12-5-6-13(28)14(29)7-12/h5-9,11,19,21,23-24,27-29,31-34H,4,10H2,1-3H3/t11-,19-,21-,23+,24-,27-/m1/s1. The lowest BCUT2D eigenvalue weighted by molar-refractivity contribution is -0.279. The molecule has 0 amide bonds. The molecule has 1 aliphatic heterocycles. The smallest absolute Gasteiger partial charge is 0.308 e. The molecule has 0 radical (unpaired) electrons. The van der Waals surface area contributed by atoms with Crippen molar-refractivity contribution < 1.29 is 58.8 Å². The van der Waals surface area contributed by atoms with E-state index in [2.05, 4.69) is 0 Å². The Kier molecular flexibility index (Phi) is 8.40. The van der Waals surface area contributed by atoms with E-state index >= 15 is 0 Å². The minimum absolute atomic E-state index is 0.0148. The van der Waals surface area contributed by atoms with Crippen molar-refractivity contribution in [2.45, 2.75) is 51.0 Å². The summed E-state index contributed by atoms with van der Waals surface area (Å²) in [4.78, 5) is 25.0. The molecule has 13 heteroatoms. The predicted molar refractivity (Wildman–Crippen MR) is 137 cm³/mol. The van der Waals surface area contributed by atoms with Crippen molar-refractivity contribution in [3.05, 3.63) is 40.6 Å². The van der Waals surface area contributed by atoms with Crippen molar-refractivity contribution in [1.82, 2.24) is 0 Å². The van der Waals surface area contributed by atoms with Crippen LogP contribution in [0.3, 0.4) is 0 Å². The van der Waals surface area contributed by atoms with Gasteiger partial charge in [-0.3, -0.25) is 9.59 Å². The van der Waals surface area contributed by atoms with E-state index in [9.17, 15) is 40.2 Å². The van der Waals surface area contributed by atoms with Gasteiger partial charge in [0.05, 0.1) is 13.0 Å². The van der Waals surface area contributed by atoms with Gasteiger partial charge in [-0.25, -0.2) is 0 Å². The first-order chi connectivity index (χ1) is 19.0. The molecule has 1 fully saturated rings. The van der Waals surface area contributed by atoms with E-state index in [0.29, 0.717) is 6.42 Å². The average molecular weight is 563 g/mol. The molecule has 13 nitrogen and oxygen atoms in total. The van der Waals surface area contributed by atoms with Crippen molar-refractivity contribution in [3.63, 3.8) is 0 Å². The number of hydrogen-bond acceptors (Lipinski definition) is 13. The fraction of sp³-hybridized carbons (Fsp3) is 0.407. The van der Waals surface area contributed by atoms with Crippen molar-refractivity contribution in [1.29, 1.82) is 0 Å². The number of aromatic hydroxyl groups is 3. The molecule has 1 aromatic heterocycles. The number of methoxy groups -OCH3 is 1. The van der Waals surface area contributed by atoms with Crippen LogP contribution in [0.2, 0.25) is 0 Å². The monoisotopic (exact) mass is 562 g/mol. The highest BCUT2D eigenvalue weighted by Crippen LogP contribution is 2.43. The van der Waals surface area contributed by atoms with Gasteiger partial charge in [0, 0.05) is 17.7 Å². The second-order valence-electron chi connectivity index (χ2n) is 9.38. The molecular formula is C27H30O13. The van der Waals surface area contributed by atoms with Crippen LogP contribution >= 0.6 is 0 Å². The van der Waals surface area contributed by atoms with Gasteiger partial charge in [-0.15, -0.1) is 0 Å². The van der Waals surface area contributed by atoms with E-state index in [-0.39, 0.29) is 39.5 Å². The van der Waals surface area contributed by atoms with Gasteiger partial charge in [-0.2, -0.15) is 0 Å². The van der Waals surface area contributed by atoms with Crippen LogP contribution < -0.4 is 14.9 Å². The number of aliphatic hydroxyl groups is 3. The van der Waals surface area contributed by atoms with Gasteiger partial charge < -0.3 is 54.0 Å². The first-order valence-corrected chi connectivity index (χ1v) is 12.4. The highest BCUT2D eigenvalue weighted by Gasteiger charge is 2.46. The summed E-state index contributed by atoms with van der Waals surface area (Å²) in [5.74, 6) is -3.00. The molecule has 40 heavy (non-hydrogen) atoms. The molecular weight excluding hydrogens is 532 g/mol. The number of carbonyl (C=O) groups is 1. The van der Waals surface area contributed by atoms with Gasteiger partial charge in [0.25, 0.3) is 0 Å². The summed E-state index contributed by atoms with van der Waals surface area (Å²) < 4.78 is 27.5. The number of hydrogen-bond donors (Lipinski definition) is 6. The second kappa shape index (κ2) is 11.6. The van der Waals surface area contributed by atoms with Crippen molar-refractivity contribution in [2.24, 2.45) is 5.92 Å². The van der Waals surface area contributed by atoms with Crippen LogP contribution in [0.1, 0.15) is 20.3 Å². The van der Waals surface area contributed by atoms with Gasteiger partial charge in [0.15, 0.2) is 28.4 Å². The highest BCUT2D eigenvalue weighted by molar-refractivity contribution is 5.89. The SMILES string of the molecule is CC[C@@H](C)C(=O)OC[C@H]1O[C@@H](Oc2cc3oc(-c4ccc(O)c(O)c4)cc(=O)c3c(O)c2OC)[C@H](O)[C@@H](O)[C@@H]1O. The molecule has 1 saturated heterocycles. The predicted octanol–water partition coefficient (Wildman–Crippen LogP) is 1.36. The fourth-order valence-corrected chi connectivity index (χ4v) is 4.12. The summed E-state index contributed by atoms with van der Waals surface area (Å²) >= 11 is 0. The van der Waals surface area contributed by atoms with Crippen molar-refractivity contribution in [3.8, 4) is 40.1 Å². The van der Waals surface area contributed by atoms with Crippen LogP contribution in [0.5, 0.6) is 28.7 Å². The van der Waals surface area contributed by atoms with Crippen LogP contribution in [0.25, 0.3) is 22.3 Å². The Morgan fingerprint density at radius 1 is 1.02 bits per heavy atom. The van der Waals surface area contributed by atoms with Gasteiger partial charge in [-0.1, -0.05) is 13.8 Å². The normalized spacial score (nSPS) is 23.5. The Hall–Kier alpha value is -4.04. The van der Waals surface area contributed by atoms with E-state index in [1.54, 1.807) is 13.8 Å². The summed E-state index contributed by atoms with van der Waals surface area (Å²) in [6.07, 6.45) is -7.54. The lowest BCUT2D eigenvalue weighted by Gasteiger charge is -2.40. The molecule has 1 aliphatic rings. The summed E-state index contributed by atoms with van der Waals surface area (Å²) in [6.45, 7) is 3.03. The number of aliphatic hydroxyl groups excluding tert-OH is 3. The Bertz CT molecular complexity index is 1450. The summed E-state index contributed by atoms with van der Waals surface area (Å²) in [5, 5.41) is 61.3. The minimum atomic E-state index is -1.78. The zero-order valence-corrected chi connectivity index (χ0v) is 21.8. The van der Waals surface area contributed by atoms with Crippen LogP contribution in [0, 0.1) is 5.92 Å². The molecule has 6 N–H and O–H groups in total. The number of fused-ring (bicyclic) bond motifs is 1. The Balaban J connectivity index is 1.68. The molecule has 2 heterocycles. The highest BCUT2D eigenvalue weighted by atomic mass is 16.7. The Morgan fingerprint density at radius 3 is 2.40 bits per heavy atom. The van der Waals surface area contributed by atoms with Crippen molar-refractivity contribution in [2.75, 3.05) is 13.7 Å². The summed E-state index contributed by atoms with van der Waals surface area (Å²) in [6, 6.07) is 6.03. The maximum Gasteiger partial charge on any atom is 0.308 e. The van der Waals surface area contributed by atoms with Crippen LogP contribution in [0.4, 0.5) is 0 Å². The third kappa shape index (κ3) is 5.49. The Morgan fingerprint density at radius 2 is 1.75 bits per heavy atom. The third-order valence-corrected chi connectivity index (χ3v) is 6.69. The quantitative estimate of drug-likeness (QED) is 0.170. The summed E-state index contributed by atoms with van der Waals surface area (Å²) in [7, 11) is 1.19. The van der Waals surface area contributed by atoms with Crippen LogP contribution in [0.15, 0.2) is 39.5 Å². The van der Waals surface area contributed by atoms with Gasteiger partial charge in [-0.05, 0) is 24.6 Å². The van der Waals surface area contributed by atoms with Gasteiger partial charge >= 0.3 is 5.97 Å². The zero-order valence-electron chi connectivity index (χ0n) is 21.8. The summed E-state index contributed by atoms with van der Waals surface area (Å²) in [5.41, 5.74) is -0.597. The molecule has 0 bridgehead atoms. The van der Waals surface area contributed by atoms with Crippen LogP contribution in [-0.2, 0) is 14.3 Å². The molecule has 0 saturated carbocycles. The van der Waals surface area contributed by atoms with Crippen LogP contribution in [-0.4, -0.2) is 81.0 Å². The lowest BCUT2D eigenvalue weighted by Crippen LogP contribution is -2.60. The van der Waals surface area contributed by atoms with Gasteiger partial charge in [0.2, 0.25) is 12.0 Å². The molecule has 6 atom stereocenters. The number of phenolic OH excluding ortho intramolecular Hbond substituents is 3. The molecule has 2 aromatic carbocycles. The number of phenols is 3. The first-order valence-electron chi connectivity index (χ1n) is 12.4. The van der Waals surface area contributed by atoms with E-state index < -0.39 is 66.1 Å². The second-order valence-corrected chi connectivity index (χ2v) is 9.38. The molecule has 0 unspecified atom stereocenters. The number of benzene rings is 2. The van der Waals surface area contributed by atoms with Gasteiger partial charge in [0.1, 0.15) is 47.8 Å². The Labute approximate surface area is 227 Å². The maximum atomic E-state index is 12.9. The molecule has 0 aliphatic carbocycles. The number of ether oxygens (including phenoxy) is 4.